The van der Waals surface area contributed by atoms with Gasteiger partial charge in [0.1, 0.15) is 0 Å². The molecular formula is C11H13ClINO2. The quantitative estimate of drug-likeness (QED) is 0.651. The van der Waals surface area contributed by atoms with Crippen LogP contribution in [0.3, 0.4) is 0 Å². The van der Waals surface area contributed by atoms with E-state index in [1.165, 1.54) is 0 Å². The molecule has 3 nitrogen and oxygen atoms in total. The van der Waals surface area contributed by atoms with Gasteiger partial charge in [-0.05, 0) is 34.7 Å². The summed E-state index contributed by atoms with van der Waals surface area (Å²) in [5.41, 5.74) is 0.671. The van der Waals surface area contributed by atoms with Gasteiger partial charge >= 0.3 is 0 Å². The van der Waals surface area contributed by atoms with Crippen LogP contribution in [0.2, 0.25) is 0 Å². The van der Waals surface area contributed by atoms with E-state index in [0.717, 1.165) is 3.57 Å². The first kappa shape index (κ1) is 13.7. The van der Waals surface area contributed by atoms with Crippen LogP contribution in [0.15, 0.2) is 24.3 Å². The molecule has 1 amide bonds. The average molecular weight is 354 g/mol. The van der Waals surface area contributed by atoms with E-state index in [-0.39, 0.29) is 11.3 Å². The Hall–Kier alpha value is -0.330. The fraction of sp³-hybridized carbons (Fsp3) is 0.364. The van der Waals surface area contributed by atoms with Crippen LogP contribution in [-0.2, 0) is 4.74 Å². The molecule has 0 spiro atoms. The SMILES string of the molecule is COCC(Cl)CNC(=O)c1ccccc1I. The molecule has 0 aliphatic heterocycles. The van der Waals surface area contributed by atoms with Crippen LogP contribution in [0.4, 0.5) is 0 Å². The van der Waals surface area contributed by atoms with Crippen molar-refractivity contribution in [1.82, 2.24) is 5.32 Å². The van der Waals surface area contributed by atoms with E-state index in [2.05, 4.69) is 27.9 Å². The van der Waals surface area contributed by atoms with E-state index in [4.69, 9.17) is 16.3 Å². The van der Waals surface area contributed by atoms with Gasteiger partial charge in [-0.15, -0.1) is 11.6 Å². The molecule has 0 bridgehead atoms. The Labute approximate surface area is 114 Å². The minimum atomic E-state index is -0.199. The Morgan fingerprint density at radius 2 is 2.25 bits per heavy atom. The summed E-state index contributed by atoms with van der Waals surface area (Å²) in [7, 11) is 1.58. The van der Waals surface area contributed by atoms with Crippen molar-refractivity contribution in [2.24, 2.45) is 0 Å². The Morgan fingerprint density at radius 3 is 2.88 bits per heavy atom. The third-order valence-electron chi connectivity index (χ3n) is 1.95. The normalized spacial score (nSPS) is 12.2. The fourth-order valence-electron chi connectivity index (χ4n) is 1.18. The Kier molecular flexibility index (Phi) is 6.08. The van der Waals surface area contributed by atoms with Gasteiger partial charge in [0, 0.05) is 17.2 Å². The maximum atomic E-state index is 11.8. The van der Waals surface area contributed by atoms with Crippen molar-refractivity contribution in [3.63, 3.8) is 0 Å². The maximum Gasteiger partial charge on any atom is 0.252 e. The molecule has 1 atom stereocenters. The zero-order valence-electron chi connectivity index (χ0n) is 8.87. The molecule has 0 aliphatic carbocycles. The van der Waals surface area contributed by atoms with Crippen molar-refractivity contribution in [2.45, 2.75) is 5.38 Å². The largest absolute Gasteiger partial charge is 0.383 e. The van der Waals surface area contributed by atoms with Crippen molar-refractivity contribution >= 4 is 40.1 Å². The minimum Gasteiger partial charge on any atom is -0.383 e. The molecule has 88 valence electrons. The van der Waals surface area contributed by atoms with Gasteiger partial charge in [0.15, 0.2) is 0 Å². The van der Waals surface area contributed by atoms with Gasteiger partial charge < -0.3 is 10.1 Å². The van der Waals surface area contributed by atoms with Crippen LogP contribution >= 0.6 is 34.2 Å². The fourth-order valence-corrected chi connectivity index (χ4v) is 2.02. The number of rotatable bonds is 5. The second-order valence-electron chi connectivity index (χ2n) is 3.24. The van der Waals surface area contributed by atoms with E-state index >= 15 is 0 Å². The number of halogens is 2. The zero-order valence-corrected chi connectivity index (χ0v) is 11.8. The number of benzene rings is 1. The van der Waals surface area contributed by atoms with Crippen LogP contribution in [0, 0.1) is 3.57 Å². The van der Waals surface area contributed by atoms with Gasteiger partial charge in [0.2, 0.25) is 0 Å². The predicted octanol–water partition coefficient (Wildman–Crippen LogP) is 2.27. The van der Waals surface area contributed by atoms with E-state index in [0.29, 0.717) is 18.7 Å². The topological polar surface area (TPSA) is 38.3 Å². The van der Waals surface area contributed by atoms with Crippen LogP contribution in [0.1, 0.15) is 10.4 Å². The summed E-state index contributed by atoms with van der Waals surface area (Å²) in [6.07, 6.45) is 0. The molecule has 5 heteroatoms. The first-order chi connectivity index (χ1) is 7.65. The second-order valence-corrected chi connectivity index (χ2v) is 5.02. The third-order valence-corrected chi connectivity index (χ3v) is 3.17. The number of nitrogens with one attached hydrogen (secondary N) is 1. The molecule has 1 unspecified atom stereocenters. The first-order valence-electron chi connectivity index (χ1n) is 4.81. The van der Waals surface area contributed by atoms with E-state index in [1.54, 1.807) is 13.2 Å². The van der Waals surface area contributed by atoms with Gasteiger partial charge in [-0.1, -0.05) is 12.1 Å². The third kappa shape index (κ3) is 4.27. The summed E-state index contributed by atoms with van der Waals surface area (Å²) in [4.78, 5) is 11.8. The summed E-state index contributed by atoms with van der Waals surface area (Å²) < 4.78 is 5.81. The lowest BCUT2D eigenvalue weighted by atomic mass is 10.2. The van der Waals surface area contributed by atoms with Gasteiger partial charge in [0.25, 0.3) is 5.91 Å². The molecule has 0 fully saturated rings. The van der Waals surface area contributed by atoms with Crippen molar-refractivity contribution in [1.29, 1.82) is 0 Å². The van der Waals surface area contributed by atoms with Crippen LogP contribution < -0.4 is 5.32 Å². The first-order valence-corrected chi connectivity index (χ1v) is 6.32. The molecular weight excluding hydrogens is 340 g/mol. The lowest BCUT2D eigenvalue weighted by Gasteiger charge is -2.10. The molecule has 0 saturated heterocycles. The number of methoxy groups -OCH3 is 1. The van der Waals surface area contributed by atoms with E-state index in [9.17, 15) is 4.79 Å². The number of carbonyl (C=O) groups is 1. The number of hydrogen-bond donors (Lipinski definition) is 1. The van der Waals surface area contributed by atoms with Crippen molar-refractivity contribution in [2.75, 3.05) is 20.3 Å². The monoisotopic (exact) mass is 353 g/mol. The summed E-state index contributed by atoms with van der Waals surface area (Å²) >= 11 is 8.04. The Bertz CT molecular complexity index is 360. The standard InChI is InChI=1S/C11H13ClINO2/c1-16-7-8(12)6-14-11(15)9-4-2-3-5-10(9)13/h2-5,8H,6-7H2,1H3,(H,14,15). The summed E-state index contributed by atoms with van der Waals surface area (Å²) in [5.74, 6) is -0.105. The second kappa shape index (κ2) is 7.09. The van der Waals surface area contributed by atoms with Crippen LogP contribution in [0.25, 0.3) is 0 Å². The molecule has 16 heavy (non-hydrogen) atoms. The molecule has 1 rings (SSSR count). The van der Waals surface area contributed by atoms with Gasteiger partial charge in [-0.25, -0.2) is 0 Å². The average Bonchev–Trinajstić information content (AvgIpc) is 2.27. The number of carbonyl (C=O) groups excluding carboxylic acids is 1. The maximum absolute atomic E-state index is 11.8. The number of ether oxygens (including phenoxy) is 1. The lowest BCUT2D eigenvalue weighted by Crippen LogP contribution is -2.32. The summed E-state index contributed by atoms with van der Waals surface area (Å²) in [6, 6.07) is 7.41. The summed E-state index contributed by atoms with van der Waals surface area (Å²) in [6.45, 7) is 0.826. The molecule has 0 aromatic heterocycles. The Morgan fingerprint density at radius 1 is 1.56 bits per heavy atom. The Balaban J connectivity index is 2.50. The number of alkyl halides is 1. The van der Waals surface area contributed by atoms with Crippen LogP contribution in [0.5, 0.6) is 0 Å². The molecule has 1 N–H and O–H groups in total. The van der Waals surface area contributed by atoms with Gasteiger partial charge in [0.05, 0.1) is 17.5 Å². The molecule has 1 aromatic rings. The van der Waals surface area contributed by atoms with Crippen LogP contribution in [-0.4, -0.2) is 31.5 Å². The minimum absolute atomic E-state index is 0.105. The highest BCUT2D eigenvalue weighted by molar-refractivity contribution is 14.1. The van der Waals surface area contributed by atoms with Gasteiger partial charge in [-0.3, -0.25) is 4.79 Å². The van der Waals surface area contributed by atoms with E-state index in [1.807, 2.05) is 18.2 Å². The highest BCUT2D eigenvalue weighted by atomic mass is 127. The number of hydrogen-bond acceptors (Lipinski definition) is 2. The van der Waals surface area contributed by atoms with E-state index < -0.39 is 0 Å². The molecule has 0 aliphatic rings. The molecule has 0 saturated carbocycles. The molecule has 0 heterocycles. The van der Waals surface area contributed by atoms with Crippen molar-refractivity contribution in [3.05, 3.63) is 33.4 Å². The van der Waals surface area contributed by atoms with Crippen molar-refractivity contribution in [3.8, 4) is 0 Å². The smallest absolute Gasteiger partial charge is 0.252 e. The summed E-state index contributed by atoms with van der Waals surface area (Å²) in [5, 5.41) is 2.57. The predicted molar refractivity (Wildman–Crippen MR) is 73.0 cm³/mol. The highest BCUT2D eigenvalue weighted by Gasteiger charge is 2.10. The molecule has 0 radical (unpaired) electrons. The number of amides is 1. The van der Waals surface area contributed by atoms with Crippen molar-refractivity contribution < 1.29 is 9.53 Å². The zero-order chi connectivity index (χ0) is 12.0. The van der Waals surface area contributed by atoms with Gasteiger partial charge in [-0.2, -0.15) is 0 Å². The highest BCUT2D eigenvalue weighted by Crippen LogP contribution is 2.11. The molecule has 1 aromatic carbocycles. The lowest BCUT2D eigenvalue weighted by molar-refractivity contribution is 0.0948.